The van der Waals surface area contributed by atoms with Crippen LogP contribution >= 0.6 is 11.3 Å². The highest BCUT2D eigenvalue weighted by molar-refractivity contribution is 7.10. The molecule has 25 heavy (non-hydrogen) atoms. The van der Waals surface area contributed by atoms with E-state index in [9.17, 15) is 4.79 Å². The van der Waals surface area contributed by atoms with Crippen LogP contribution in [0.15, 0.2) is 72.1 Å². The number of hydrogen-bond acceptors (Lipinski definition) is 2. The molecule has 3 aromatic rings. The minimum absolute atomic E-state index is 0.137. The van der Waals surface area contributed by atoms with Gasteiger partial charge in [-0.3, -0.25) is 0 Å². The summed E-state index contributed by atoms with van der Waals surface area (Å²) in [6, 6.07) is 22.1. The number of benzene rings is 2. The second kappa shape index (κ2) is 8.49. The molecule has 3 rings (SSSR count). The van der Waals surface area contributed by atoms with Crippen molar-refractivity contribution in [2.45, 2.75) is 25.9 Å². The van der Waals surface area contributed by atoms with Crippen LogP contribution in [-0.2, 0) is 13.0 Å². The molecule has 1 heterocycles. The van der Waals surface area contributed by atoms with Crippen LogP contribution in [-0.4, -0.2) is 6.03 Å². The van der Waals surface area contributed by atoms with Gasteiger partial charge in [0.05, 0.1) is 6.04 Å². The zero-order valence-corrected chi connectivity index (χ0v) is 15.1. The summed E-state index contributed by atoms with van der Waals surface area (Å²) >= 11 is 1.65. The van der Waals surface area contributed by atoms with Gasteiger partial charge in [-0.25, -0.2) is 4.79 Å². The van der Waals surface area contributed by atoms with E-state index < -0.39 is 0 Å². The summed E-state index contributed by atoms with van der Waals surface area (Å²) in [4.78, 5) is 13.5. The third-order valence-electron chi connectivity index (χ3n) is 4.12. The lowest BCUT2D eigenvalue weighted by atomic mass is 10.0. The van der Waals surface area contributed by atoms with Gasteiger partial charge in [0.2, 0.25) is 0 Å². The maximum atomic E-state index is 12.4. The van der Waals surface area contributed by atoms with E-state index in [1.165, 1.54) is 5.56 Å². The van der Waals surface area contributed by atoms with E-state index in [0.29, 0.717) is 6.54 Å². The number of urea groups is 1. The van der Waals surface area contributed by atoms with Gasteiger partial charge in [-0.15, -0.1) is 11.3 Å². The highest BCUT2D eigenvalue weighted by atomic mass is 32.1. The summed E-state index contributed by atoms with van der Waals surface area (Å²) < 4.78 is 0. The molecule has 1 aromatic heterocycles. The lowest BCUT2D eigenvalue weighted by Gasteiger charge is -2.19. The average molecular weight is 350 g/mol. The van der Waals surface area contributed by atoms with Gasteiger partial charge in [-0.05, 0) is 34.6 Å². The van der Waals surface area contributed by atoms with E-state index in [4.69, 9.17) is 0 Å². The maximum Gasteiger partial charge on any atom is 0.315 e. The molecular weight excluding hydrogens is 328 g/mol. The van der Waals surface area contributed by atoms with E-state index in [1.807, 2.05) is 41.8 Å². The monoisotopic (exact) mass is 350 g/mol. The molecule has 1 atom stereocenters. The van der Waals surface area contributed by atoms with Gasteiger partial charge in [0.15, 0.2) is 0 Å². The third-order valence-corrected chi connectivity index (χ3v) is 5.06. The van der Waals surface area contributed by atoms with Gasteiger partial charge in [-0.1, -0.05) is 67.6 Å². The fraction of sp³-hybridized carbons (Fsp3) is 0.190. The minimum Gasteiger partial charge on any atom is -0.334 e. The molecule has 0 radical (unpaired) electrons. The number of carbonyl (C=O) groups is 1. The van der Waals surface area contributed by atoms with Crippen LogP contribution in [0.25, 0.3) is 0 Å². The van der Waals surface area contributed by atoms with Crippen molar-refractivity contribution in [3.05, 3.63) is 93.7 Å². The average Bonchev–Trinajstić information content (AvgIpc) is 3.20. The summed E-state index contributed by atoms with van der Waals surface area (Å²) in [5.41, 5.74) is 3.47. The molecule has 0 fully saturated rings. The molecule has 2 amide bonds. The SMILES string of the molecule is CCc1ccc(C(NC(=O)NCc2ccccc2)c2cccs2)cc1. The number of aryl methyl sites for hydroxylation is 1. The molecule has 0 aliphatic heterocycles. The van der Waals surface area contributed by atoms with Crippen molar-refractivity contribution >= 4 is 17.4 Å². The van der Waals surface area contributed by atoms with Crippen molar-refractivity contribution in [2.24, 2.45) is 0 Å². The Bertz CT molecular complexity index is 783. The predicted octanol–water partition coefficient (Wildman–Crippen LogP) is 4.90. The fourth-order valence-corrected chi connectivity index (χ4v) is 3.48. The number of nitrogens with one attached hydrogen (secondary N) is 2. The van der Waals surface area contributed by atoms with Crippen LogP contribution in [0.5, 0.6) is 0 Å². The van der Waals surface area contributed by atoms with Crippen molar-refractivity contribution in [3.63, 3.8) is 0 Å². The standard InChI is InChI=1S/C21H22N2OS/c1-2-16-10-12-18(13-11-16)20(19-9-6-14-25-19)23-21(24)22-15-17-7-4-3-5-8-17/h3-14,20H,2,15H2,1H3,(H2,22,23,24). The number of thiophene rings is 1. The van der Waals surface area contributed by atoms with Crippen molar-refractivity contribution in [2.75, 3.05) is 0 Å². The molecule has 2 aromatic carbocycles. The Morgan fingerprint density at radius 3 is 2.36 bits per heavy atom. The smallest absolute Gasteiger partial charge is 0.315 e. The summed E-state index contributed by atoms with van der Waals surface area (Å²) in [6.45, 7) is 2.65. The Kier molecular flexibility index (Phi) is 5.86. The molecule has 0 aliphatic rings. The van der Waals surface area contributed by atoms with Crippen LogP contribution < -0.4 is 10.6 Å². The summed E-state index contributed by atoms with van der Waals surface area (Å²) in [5, 5.41) is 8.08. The van der Waals surface area contributed by atoms with Gasteiger partial charge in [0.25, 0.3) is 0 Å². The second-order valence-electron chi connectivity index (χ2n) is 5.86. The van der Waals surface area contributed by atoms with Crippen molar-refractivity contribution < 1.29 is 4.79 Å². The van der Waals surface area contributed by atoms with Gasteiger partial charge in [0.1, 0.15) is 0 Å². The molecule has 2 N–H and O–H groups in total. The Labute approximate surface area is 152 Å². The first-order valence-corrected chi connectivity index (χ1v) is 9.34. The summed E-state index contributed by atoms with van der Waals surface area (Å²) in [7, 11) is 0. The quantitative estimate of drug-likeness (QED) is 0.652. The van der Waals surface area contributed by atoms with Crippen molar-refractivity contribution in [1.29, 1.82) is 0 Å². The number of rotatable bonds is 6. The summed E-state index contributed by atoms with van der Waals surface area (Å²) in [6.07, 6.45) is 1.01. The molecule has 0 bridgehead atoms. The zero-order valence-electron chi connectivity index (χ0n) is 14.2. The minimum atomic E-state index is -0.165. The maximum absolute atomic E-state index is 12.4. The number of hydrogen-bond donors (Lipinski definition) is 2. The van der Waals surface area contributed by atoms with Crippen LogP contribution in [0.2, 0.25) is 0 Å². The van der Waals surface area contributed by atoms with Crippen LogP contribution in [0.1, 0.15) is 34.5 Å². The topological polar surface area (TPSA) is 41.1 Å². The highest BCUT2D eigenvalue weighted by Gasteiger charge is 2.17. The Morgan fingerprint density at radius 1 is 0.960 bits per heavy atom. The molecule has 0 saturated carbocycles. The molecule has 0 spiro atoms. The lowest BCUT2D eigenvalue weighted by Crippen LogP contribution is -2.37. The largest absolute Gasteiger partial charge is 0.334 e. The van der Waals surface area contributed by atoms with E-state index in [0.717, 1.165) is 22.4 Å². The fourth-order valence-electron chi connectivity index (χ4n) is 2.68. The van der Waals surface area contributed by atoms with Crippen LogP contribution in [0.4, 0.5) is 4.79 Å². The van der Waals surface area contributed by atoms with Crippen LogP contribution in [0, 0.1) is 0 Å². The van der Waals surface area contributed by atoms with Gasteiger partial charge in [0, 0.05) is 11.4 Å². The van der Waals surface area contributed by atoms with E-state index in [2.05, 4.69) is 47.9 Å². The van der Waals surface area contributed by atoms with Crippen molar-refractivity contribution in [3.8, 4) is 0 Å². The first-order chi connectivity index (χ1) is 12.3. The van der Waals surface area contributed by atoms with Gasteiger partial charge in [-0.2, -0.15) is 0 Å². The predicted molar refractivity (Wildman–Crippen MR) is 104 cm³/mol. The van der Waals surface area contributed by atoms with Crippen LogP contribution in [0.3, 0.4) is 0 Å². The molecule has 3 nitrogen and oxygen atoms in total. The lowest BCUT2D eigenvalue weighted by molar-refractivity contribution is 0.238. The van der Waals surface area contributed by atoms with Gasteiger partial charge >= 0.3 is 6.03 Å². The number of amides is 2. The van der Waals surface area contributed by atoms with E-state index in [1.54, 1.807) is 11.3 Å². The molecular formula is C21H22N2OS. The Balaban J connectivity index is 1.70. The molecule has 0 saturated heterocycles. The first-order valence-electron chi connectivity index (χ1n) is 8.47. The molecule has 128 valence electrons. The highest BCUT2D eigenvalue weighted by Crippen LogP contribution is 2.26. The van der Waals surface area contributed by atoms with E-state index >= 15 is 0 Å². The van der Waals surface area contributed by atoms with E-state index in [-0.39, 0.29) is 12.1 Å². The third kappa shape index (κ3) is 4.70. The second-order valence-corrected chi connectivity index (χ2v) is 6.84. The summed E-state index contributed by atoms with van der Waals surface area (Å²) in [5.74, 6) is 0. The molecule has 0 aliphatic carbocycles. The Morgan fingerprint density at radius 2 is 1.72 bits per heavy atom. The number of carbonyl (C=O) groups excluding carboxylic acids is 1. The van der Waals surface area contributed by atoms with Gasteiger partial charge < -0.3 is 10.6 Å². The normalized spacial score (nSPS) is 11.7. The van der Waals surface area contributed by atoms with Crippen molar-refractivity contribution in [1.82, 2.24) is 10.6 Å². The molecule has 1 unspecified atom stereocenters. The first kappa shape index (κ1) is 17.2. The molecule has 4 heteroatoms. The zero-order chi connectivity index (χ0) is 17.5. The Hall–Kier alpha value is -2.59.